The third kappa shape index (κ3) is 6.21. The van der Waals surface area contributed by atoms with E-state index in [1.54, 1.807) is 4.90 Å². The molecule has 0 aliphatic heterocycles. The van der Waals surface area contributed by atoms with Crippen molar-refractivity contribution >= 4 is 28.9 Å². The molecule has 0 saturated heterocycles. The van der Waals surface area contributed by atoms with Crippen LogP contribution in [0.15, 0.2) is 103 Å². The fourth-order valence-corrected chi connectivity index (χ4v) is 3.78. The Morgan fingerprint density at radius 2 is 1.53 bits per heavy atom. The van der Waals surface area contributed by atoms with Gasteiger partial charge in [-0.3, -0.25) is 19.7 Å². The van der Waals surface area contributed by atoms with E-state index in [0.29, 0.717) is 23.5 Å². The molecule has 4 aromatic rings. The maximum atomic E-state index is 13.5. The van der Waals surface area contributed by atoms with E-state index in [1.807, 2.05) is 85.8 Å². The quantitative estimate of drug-likeness (QED) is 0.250. The zero-order valence-electron chi connectivity index (χ0n) is 19.8. The summed E-state index contributed by atoms with van der Waals surface area (Å²) in [5.41, 5.74) is 4.40. The number of aryl methyl sites for hydroxylation is 1. The first-order chi connectivity index (χ1) is 17.4. The summed E-state index contributed by atoms with van der Waals surface area (Å²) >= 11 is 0. The first-order valence-electron chi connectivity index (χ1n) is 11.4. The van der Waals surface area contributed by atoms with Gasteiger partial charge in [-0.05, 0) is 54.4 Å². The van der Waals surface area contributed by atoms with E-state index >= 15 is 0 Å². The summed E-state index contributed by atoms with van der Waals surface area (Å²) in [6.45, 7) is 2.29. The lowest BCUT2D eigenvalue weighted by Crippen LogP contribution is -2.30. The van der Waals surface area contributed by atoms with Crippen molar-refractivity contribution in [1.82, 2.24) is 0 Å². The molecule has 2 amide bonds. The standard InChI is InChI=1S/C29H25N3O4/c1-21-10-12-22(13-11-21)20-31(29(34)24-14-16-26(17-15-24)32(35)36)27-9-5-6-23(18-27)19-28(33)30-25-7-3-2-4-8-25/h2-18H,19-20H2,1H3,(H,30,33). The smallest absolute Gasteiger partial charge is 0.269 e. The lowest BCUT2D eigenvalue weighted by atomic mass is 10.1. The first kappa shape index (κ1) is 24.3. The summed E-state index contributed by atoms with van der Waals surface area (Å²) in [5.74, 6) is -0.457. The number of amides is 2. The van der Waals surface area contributed by atoms with Crippen molar-refractivity contribution in [2.45, 2.75) is 19.9 Å². The SMILES string of the molecule is Cc1ccc(CN(C(=O)c2ccc([N+](=O)[O-])cc2)c2cccc(CC(=O)Nc3ccccc3)c2)cc1. The Morgan fingerprint density at radius 3 is 2.19 bits per heavy atom. The second-order valence-corrected chi connectivity index (χ2v) is 8.44. The molecule has 0 bridgehead atoms. The highest BCUT2D eigenvalue weighted by molar-refractivity contribution is 6.06. The molecule has 180 valence electrons. The van der Waals surface area contributed by atoms with Crippen LogP contribution in [0.5, 0.6) is 0 Å². The van der Waals surface area contributed by atoms with Crippen molar-refractivity contribution in [3.05, 3.63) is 135 Å². The van der Waals surface area contributed by atoms with Gasteiger partial charge in [0.25, 0.3) is 11.6 Å². The number of carbonyl (C=O) groups is 2. The van der Waals surface area contributed by atoms with Crippen molar-refractivity contribution in [3.63, 3.8) is 0 Å². The fraction of sp³-hybridized carbons (Fsp3) is 0.103. The monoisotopic (exact) mass is 479 g/mol. The molecule has 0 aliphatic rings. The molecule has 0 fully saturated rings. The molecule has 0 heterocycles. The topological polar surface area (TPSA) is 92.6 Å². The number of hydrogen-bond acceptors (Lipinski definition) is 4. The van der Waals surface area contributed by atoms with Crippen LogP contribution in [0.4, 0.5) is 17.1 Å². The minimum absolute atomic E-state index is 0.0805. The van der Waals surface area contributed by atoms with Gasteiger partial charge in [0.05, 0.1) is 17.9 Å². The molecule has 0 spiro atoms. The summed E-state index contributed by atoms with van der Waals surface area (Å²) in [4.78, 5) is 38.3. The Hall–Kier alpha value is -4.78. The van der Waals surface area contributed by atoms with Crippen molar-refractivity contribution < 1.29 is 14.5 Å². The van der Waals surface area contributed by atoms with Crippen LogP contribution in [-0.2, 0) is 17.8 Å². The number of anilines is 2. The Kier molecular flexibility index (Phi) is 7.51. The fourth-order valence-electron chi connectivity index (χ4n) is 3.78. The van der Waals surface area contributed by atoms with Gasteiger partial charge in [0.2, 0.25) is 5.91 Å². The van der Waals surface area contributed by atoms with E-state index in [4.69, 9.17) is 0 Å². The second kappa shape index (κ2) is 11.1. The molecule has 0 unspecified atom stereocenters. The third-order valence-electron chi connectivity index (χ3n) is 5.68. The molecule has 7 nitrogen and oxygen atoms in total. The zero-order chi connectivity index (χ0) is 25.5. The summed E-state index contributed by atoms with van der Waals surface area (Å²) in [7, 11) is 0. The number of carbonyl (C=O) groups excluding carboxylic acids is 2. The predicted octanol–water partition coefficient (Wildman–Crippen LogP) is 5.93. The van der Waals surface area contributed by atoms with Crippen LogP contribution in [0.1, 0.15) is 27.0 Å². The highest BCUT2D eigenvalue weighted by Crippen LogP contribution is 2.23. The zero-order valence-corrected chi connectivity index (χ0v) is 19.8. The summed E-state index contributed by atoms with van der Waals surface area (Å²) in [5, 5.41) is 13.9. The van der Waals surface area contributed by atoms with E-state index in [0.717, 1.165) is 16.7 Å². The Labute approximate surface area is 209 Å². The van der Waals surface area contributed by atoms with Crippen molar-refractivity contribution in [2.24, 2.45) is 0 Å². The lowest BCUT2D eigenvalue weighted by molar-refractivity contribution is -0.384. The molecule has 0 saturated carbocycles. The van der Waals surface area contributed by atoms with Crippen LogP contribution in [0.3, 0.4) is 0 Å². The molecule has 1 N–H and O–H groups in total. The van der Waals surface area contributed by atoms with Gasteiger partial charge in [0.15, 0.2) is 0 Å². The van der Waals surface area contributed by atoms with Gasteiger partial charge in [0.1, 0.15) is 0 Å². The number of nitrogens with zero attached hydrogens (tertiary/aromatic N) is 2. The highest BCUT2D eigenvalue weighted by Gasteiger charge is 2.20. The minimum atomic E-state index is -0.498. The number of benzene rings is 4. The van der Waals surface area contributed by atoms with Gasteiger partial charge in [-0.1, -0.05) is 60.2 Å². The molecule has 7 heteroatoms. The second-order valence-electron chi connectivity index (χ2n) is 8.44. The number of nitrogens with one attached hydrogen (secondary N) is 1. The van der Waals surface area contributed by atoms with Crippen LogP contribution in [0.25, 0.3) is 0 Å². The Morgan fingerprint density at radius 1 is 0.833 bits per heavy atom. The first-order valence-corrected chi connectivity index (χ1v) is 11.4. The molecule has 0 aromatic heterocycles. The minimum Gasteiger partial charge on any atom is -0.326 e. The number of para-hydroxylation sites is 1. The van der Waals surface area contributed by atoms with Gasteiger partial charge >= 0.3 is 0 Å². The molecule has 0 aliphatic carbocycles. The van der Waals surface area contributed by atoms with Crippen molar-refractivity contribution in [2.75, 3.05) is 10.2 Å². The lowest BCUT2D eigenvalue weighted by Gasteiger charge is -2.24. The van der Waals surface area contributed by atoms with Gasteiger partial charge in [-0.15, -0.1) is 0 Å². The molecule has 4 aromatic carbocycles. The van der Waals surface area contributed by atoms with Crippen LogP contribution < -0.4 is 10.2 Å². The predicted molar refractivity (Wildman–Crippen MR) is 140 cm³/mol. The van der Waals surface area contributed by atoms with Crippen LogP contribution >= 0.6 is 0 Å². The summed E-state index contributed by atoms with van der Waals surface area (Å²) in [6.07, 6.45) is 0.146. The average Bonchev–Trinajstić information content (AvgIpc) is 2.88. The van der Waals surface area contributed by atoms with E-state index in [9.17, 15) is 19.7 Å². The number of nitro benzene ring substituents is 1. The van der Waals surface area contributed by atoms with Gasteiger partial charge in [0, 0.05) is 29.1 Å². The van der Waals surface area contributed by atoms with E-state index in [1.165, 1.54) is 24.3 Å². The molecular weight excluding hydrogens is 454 g/mol. The van der Waals surface area contributed by atoms with Crippen LogP contribution in [-0.4, -0.2) is 16.7 Å². The van der Waals surface area contributed by atoms with E-state index < -0.39 is 4.92 Å². The number of nitro groups is 1. The van der Waals surface area contributed by atoms with E-state index in [2.05, 4.69) is 5.32 Å². The molecule has 36 heavy (non-hydrogen) atoms. The summed E-state index contributed by atoms with van der Waals surface area (Å²) in [6, 6.07) is 29.9. The van der Waals surface area contributed by atoms with Gasteiger partial charge in [-0.2, -0.15) is 0 Å². The Bertz CT molecular complexity index is 1370. The van der Waals surface area contributed by atoms with Gasteiger partial charge < -0.3 is 10.2 Å². The normalized spacial score (nSPS) is 10.5. The van der Waals surface area contributed by atoms with Crippen molar-refractivity contribution in [3.8, 4) is 0 Å². The average molecular weight is 480 g/mol. The third-order valence-corrected chi connectivity index (χ3v) is 5.68. The maximum absolute atomic E-state index is 13.5. The maximum Gasteiger partial charge on any atom is 0.269 e. The molecular formula is C29H25N3O4. The van der Waals surface area contributed by atoms with Crippen LogP contribution in [0.2, 0.25) is 0 Å². The summed E-state index contributed by atoms with van der Waals surface area (Å²) < 4.78 is 0. The molecule has 0 radical (unpaired) electrons. The largest absolute Gasteiger partial charge is 0.326 e. The Balaban J connectivity index is 1.60. The number of non-ortho nitro benzene ring substituents is 1. The van der Waals surface area contributed by atoms with E-state index in [-0.39, 0.29) is 23.9 Å². The van der Waals surface area contributed by atoms with Gasteiger partial charge in [-0.25, -0.2) is 0 Å². The highest BCUT2D eigenvalue weighted by atomic mass is 16.6. The number of rotatable bonds is 8. The van der Waals surface area contributed by atoms with Crippen LogP contribution in [0, 0.1) is 17.0 Å². The molecule has 4 rings (SSSR count). The number of hydrogen-bond donors (Lipinski definition) is 1. The van der Waals surface area contributed by atoms with Crippen molar-refractivity contribution in [1.29, 1.82) is 0 Å². The molecule has 0 atom stereocenters.